The molecule has 0 bridgehead atoms. The van der Waals surface area contributed by atoms with Crippen LogP contribution in [-0.4, -0.2) is 21.1 Å². The highest BCUT2D eigenvalue weighted by Gasteiger charge is 2.18. The van der Waals surface area contributed by atoms with E-state index in [1.54, 1.807) is 30.1 Å². The third-order valence-electron chi connectivity index (χ3n) is 2.68. The number of hydrogen-bond acceptors (Lipinski definition) is 4. The van der Waals surface area contributed by atoms with Crippen LogP contribution in [-0.2, 0) is 13.5 Å². The Morgan fingerprint density at radius 3 is 2.67 bits per heavy atom. The minimum atomic E-state index is -0.237. The number of rotatable bonds is 5. The molecule has 0 aromatic carbocycles. The van der Waals surface area contributed by atoms with Gasteiger partial charge in [-0.25, -0.2) is 4.98 Å². The lowest BCUT2D eigenvalue weighted by Crippen LogP contribution is -2.12. The van der Waals surface area contributed by atoms with Gasteiger partial charge in [0.05, 0.1) is 11.3 Å². The molecule has 18 heavy (non-hydrogen) atoms. The fraction of sp³-hybridized carbons (Fsp3) is 0.308. The molecule has 2 heterocycles. The van der Waals surface area contributed by atoms with Gasteiger partial charge < -0.3 is 4.57 Å². The van der Waals surface area contributed by atoms with Crippen LogP contribution in [0.15, 0.2) is 24.5 Å². The Hall–Kier alpha value is -1.75. The van der Waals surface area contributed by atoms with E-state index in [4.69, 9.17) is 0 Å². The molecule has 0 atom stereocenters. The van der Waals surface area contributed by atoms with E-state index in [1.165, 1.54) is 11.3 Å². The van der Waals surface area contributed by atoms with Crippen molar-refractivity contribution >= 4 is 22.9 Å². The van der Waals surface area contributed by atoms with Gasteiger partial charge in [0.1, 0.15) is 0 Å². The summed E-state index contributed by atoms with van der Waals surface area (Å²) in [5.74, 6) is -0.0396. The third-order valence-corrected chi connectivity index (χ3v) is 3.95. The number of aromatic nitrogens is 2. The Morgan fingerprint density at radius 2 is 2.11 bits per heavy atom. The number of hydrogen-bond donors (Lipinski definition) is 0. The average molecular weight is 262 g/mol. The van der Waals surface area contributed by atoms with Crippen molar-refractivity contribution < 1.29 is 9.59 Å². The lowest BCUT2D eigenvalue weighted by atomic mass is 10.1. The summed E-state index contributed by atoms with van der Waals surface area (Å²) >= 11 is 1.46. The van der Waals surface area contributed by atoms with E-state index in [0.29, 0.717) is 10.7 Å². The maximum absolute atomic E-state index is 11.9. The molecule has 0 aliphatic heterocycles. The molecule has 2 aromatic heterocycles. The van der Waals surface area contributed by atoms with Crippen LogP contribution >= 0.6 is 11.3 Å². The predicted molar refractivity (Wildman–Crippen MR) is 70.2 cm³/mol. The smallest absolute Gasteiger partial charge is 0.206 e. The summed E-state index contributed by atoms with van der Waals surface area (Å²) in [7, 11) is 1.74. The molecule has 0 spiro atoms. The van der Waals surface area contributed by atoms with Gasteiger partial charge in [0.25, 0.3) is 0 Å². The van der Waals surface area contributed by atoms with E-state index in [2.05, 4.69) is 4.98 Å². The van der Waals surface area contributed by atoms with Crippen LogP contribution in [0.3, 0.4) is 0 Å². The molecule has 0 N–H and O–H groups in total. The number of nitrogens with zero attached hydrogens (tertiary/aromatic N) is 2. The van der Waals surface area contributed by atoms with Crippen LogP contribution in [0.2, 0.25) is 0 Å². The van der Waals surface area contributed by atoms with E-state index in [-0.39, 0.29) is 18.0 Å². The molecule has 4 nitrogen and oxygen atoms in total. The second-order valence-electron chi connectivity index (χ2n) is 4.00. The number of aryl methyl sites for hydroxylation is 2. The maximum Gasteiger partial charge on any atom is 0.206 e. The number of imidazole rings is 1. The minimum Gasteiger partial charge on any atom is -0.332 e. The summed E-state index contributed by atoms with van der Waals surface area (Å²) in [6.45, 7) is 2.04. The van der Waals surface area contributed by atoms with Gasteiger partial charge in [-0.1, -0.05) is 6.92 Å². The Bertz CT molecular complexity index is 583. The molecule has 0 fully saturated rings. The van der Waals surface area contributed by atoms with Crippen molar-refractivity contribution in [2.45, 2.75) is 19.8 Å². The molecule has 2 aromatic rings. The van der Waals surface area contributed by atoms with Crippen LogP contribution in [0, 0.1) is 0 Å². The van der Waals surface area contributed by atoms with Crippen molar-refractivity contribution in [1.82, 2.24) is 9.55 Å². The quantitative estimate of drug-likeness (QED) is 0.614. The van der Waals surface area contributed by atoms with Crippen LogP contribution in [0.1, 0.15) is 38.5 Å². The lowest BCUT2D eigenvalue weighted by Gasteiger charge is -1.99. The second kappa shape index (κ2) is 5.27. The predicted octanol–water partition coefficient (Wildman–Crippen LogP) is 2.50. The van der Waals surface area contributed by atoms with Gasteiger partial charge in [0, 0.05) is 24.3 Å². The summed E-state index contributed by atoms with van der Waals surface area (Å²) in [5.41, 5.74) is 0. The summed E-state index contributed by atoms with van der Waals surface area (Å²) in [6.07, 6.45) is 4.04. The van der Waals surface area contributed by atoms with Crippen LogP contribution in [0.25, 0.3) is 0 Å². The van der Waals surface area contributed by atoms with E-state index in [1.807, 2.05) is 13.0 Å². The molecule has 2 rings (SSSR count). The van der Waals surface area contributed by atoms with E-state index in [0.717, 1.165) is 11.3 Å². The number of carbonyl (C=O) groups excluding carboxylic acids is 2. The molecule has 0 aliphatic carbocycles. The fourth-order valence-electron chi connectivity index (χ4n) is 1.66. The zero-order valence-corrected chi connectivity index (χ0v) is 11.2. The monoisotopic (exact) mass is 262 g/mol. The largest absolute Gasteiger partial charge is 0.332 e. The molecule has 0 amide bonds. The zero-order chi connectivity index (χ0) is 13.1. The van der Waals surface area contributed by atoms with Crippen molar-refractivity contribution in [3.8, 4) is 0 Å². The second-order valence-corrected chi connectivity index (χ2v) is 5.17. The normalized spacial score (nSPS) is 10.6. The number of thiophene rings is 1. The molecule has 0 unspecified atom stereocenters. The lowest BCUT2D eigenvalue weighted by molar-refractivity contribution is 0.0889. The Morgan fingerprint density at radius 1 is 1.33 bits per heavy atom. The molecule has 0 radical (unpaired) electrons. The van der Waals surface area contributed by atoms with Crippen LogP contribution in [0.5, 0.6) is 0 Å². The first-order valence-electron chi connectivity index (χ1n) is 5.74. The summed E-state index contributed by atoms with van der Waals surface area (Å²) in [4.78, 5) is 29.6. The van der Waals surface area contributed by atoms with Crippen LogP contribution in [0.4, 0.5) is 0 Å². The first-order chi connectivity index (χ1) is 8.61. The first kappa shape index (κ1) is 12.7. The van der Waals surface area contributed by atoms with E-state index >= 15 is 0 Å². The minimum absolute atomic E-state index is 0.117. The van der Waals surface area contributed by atoms with Gasteiger partial charge in [-0.3, -0.25) is 9.59 Å². The Kier molecular flexibility index (Phi) is 3.72. The molecule has 0 aliphatic rings. The first-order valence-corrected chi connectivity index (χ1v) is 6.56. The van der Waals surface area contributed by atoms with Gasteiger partial charge in [0.2, 0.25) is 5.78 Å². The van der Waals surface area contributed by atoms with Crippen molar-refractivity contribution in [3.05, 3.63) is 40.1 Å². The number of ketones is 2. The van der Waals surface area contributed by atoms with E-state index < -0.39 is 0 Å². The number of Topliss-reactive ketones (excluding diaryl/α,β-unsaturated/α-hetero) is 2. The Labute approximate surface area is 109 Å². The molecule has 94 valence electrons. The fourth-order valence-corrected chi connectivity index (χ4v) is 2.55. The van der Waals surface area contributed by atoms with E-state index in [9.17, 15) is 9.59 Å². The van der Waals surface area contributed by atoms with Crippen molar-refractivity contribution in [1.29, 1.82) is 0 Å². The zero-order valence-electron chi connectivity index (χ0n) is 10.3. The number of carbonyl (C=O) groups is 2. The van der Waals surface area contributed by atoms with Crippen molar-refractivity contribution in [2.75, 3.05) is 0 Å². The summed E-state index contributed by atoms with van der Waals surface area (Å²) in [6, 6.07) is 3.72. The topological polar surface area (TPSA) is 52.0 Å². The standard InChI is InChI=1S/C13H14N2O2S/c1-3-9-4-5-12(18-9)10(16)8-11(17)13-14-6-7-15(13)2/h4-7H,3,8H2,1-2H3. The third kappa shape index (κ3) is 2.56. The van der Waals surface area contributed by atoms with Crippen LogP contribution < -0.4 is 0 Å². The van der Waals surface area contributed by atoms with Crippen molar-refractivity contribution in [3.63, 3.8) is 0 Å². The highest BCUT2D eigenvalue weighted by atomic mass is 32.1. The Balaban J connectivity index is 2.08. The molecule has 5 heteroatoms. The SMILES string of the molecule is CCc1ccc(C(=O)CC(=O)c2nccn2C)s1. The van der Waals surface area contributed by atoms with Crippen molar-refractivity contribution in [2.24, 2.45) is 7.05 Å². The van der Waals surface area contributed by atoms with Gasteiger partial charge in [0.15, 0.2) is 11.6 Å². The highest BCUT2D eigenvalue weighted by molar-refractivity contribution is 7.14. The molecule has 0 saturated heterocycles. The summed E-state index contributed by atoms with van der Waals surface area (Å²) in [5, 5.41) is 0. The highest BCUT2D eigenvalue weighted by Crippen LogP contribution is 2.19. The van der Waals surface area contributed by atoms with Gasteiger partial charge in [-0.15, -0.1) is 11.3 Å². The molecular weight excluding hydrogens is 248 g/mol. The molecular formula is C13H14N2O2S. The summed E-state index contributed by atoms with van der Waals surface area (Å²) < 4.78 is 1.63. The molecule has 0 saturated carbocycles. The van der Waals surface area contributed by atoms with Gasteiger partial charge in [-0.05, 0) is 18.6 Å². The average Bonchev–Trinajstić information content (AvgIpc) is 2.96. The maximum atomic E-state index is 11.9. The van der Waals surface area contributed by atoms with Gasteiger partial charge >= 0.3 is 0 Å². The van der Waals surface area contributed by atoms with Gasteiger partial charge in [-0.2, -0.15) is 0 Å².